The van der Waals surface area contributed by atoms with E-state index < -0.39 is 0 Å². The van der Waals surface area contributed by atoms with Gasteiger partial charge in [-0.3, -0.25) is 4.79 Å². The predicted molar refractivity (Wildman–Crippen MR) is 108 cm³/mol. The summed E-state index contributed by atoms with van der Waals surface area (Å²) in [7, 11) is 0. The first-order valence-electron chi connectivity index (χ1n) is 10.1. The highest BCUT2D eigenvalue weighted by molar-refractivity contribution is 5.79. The predicted octanol–water partition coefficient (Wildman–Crippen LogP) is 3.97. The second kappa shape index (κ2) is 8.47. The van der Waals surface area contributed by atoms with Crippen molar-refractivity contribution in [2.45, 2.75) is 31.8 Å². The fourth-order valence-electron chi connectivity index (χ4n) is 4.20. The highest BCUT2D eigenvalue weighted by atomic mass is 16.5. The Morgan fingerprint density at radius 1 is 0.778 bits per heavy atom. The minimum atomic E-state index is 0.170. The smallest absolute Gasteiger partial charge is 0.225 e. The van der Waals surface area contributed by atoms with Crippen LogP contribution in [0.4, 0.5) is 5.69 Å². The molecule has 1 amide bonds. The lowest BCUT2D eigenvalue weighted by Crippen LogP contribution is -2.51. The molecule has 0 spiro atoms. The molecule has 2 aromatic rings. The number of benzene rings is 2. The maximum absolute atomic E-state index is 12.9. The van der Waals surface area contributed by atoms with Gasteiger partial charge in [0, 0.05) is 37.8 Å². The zero-order valence-electron chi connectivity index (χ0n) is 15.8. The van der Waals surface area contributed by atoms with Gasteiger partial charge in [0.05, 0.1) is 6.10 Å². The molecule has 1 saturated carbocycles. The Morgan fingerprint density at radius 2 is 1.37 bits per heavy atom. The van der Waals surface area contributed by atoms with E-state index in [9.17, 15) is 4.79 Å². The second-order valence-electron chi connectivity index (χ2n) is 7.55. The molecule has 1 heterocycles. The molecule has 0 atom stereocenters. The lowest BCUT2D eigenvalue weighted by atomic mass is 9.86. The largest absolute Gasteiger partial charge is 0.490 e. The summed E-state index contributed by atoms with van der Waals surface area (Å²) in [6, 6.07) is 20.5. The van der Waals surface area contributed by atoms with Crippen molar-refractivity contribution in [2.24, 2.45) is 5.92 Å². The summed E-state index contributed by atoms with van der Waals surface area (Å²) in [6.07, 6.45) is 4.06. The van der Waals surface area contributed by atoms with E-state index in [2.05, 4.69) is 34.1 Å². The van der Waals surface area contributed by atoms with Crippen molar-refractivity contribution >= 4 is 11.6 Å². The number of hydrogen-bond acceptors (Lipinski definition) is 3. The van der Waals surface area contributed by atoms with E-state index >= 15 is 0 Å². The molecule has 4 nitrogen and oxygen atoms in total. The number of hydrogen-bond donors (Lipinski definition) is 0. The molecule has 0 N–H and O–H groups in total. The molecule has 0 bridgehead atoms. The molecule has 27 heavy (non-hydrogen) atoms. The van der Waals surface area contributed by atoms with Gasteiger partial charge in [-0.05, 0) is 49.9 Å². The molecule has 0 unspecified atom stereocenters. The van der Waals surface area contributed by atoms with E-state index in [0.29, 0.717) is 5.91 Å². The molecule has 0 radical (unpaired) electrons. The number of rotatable bonds is 4. The summed E-state index contributed by atoms with van der Waals surface area (Å²) in [5, 5.41) is 0. The highest BCUT2D eigenvalue weighted by Crippen LogP contribution is 2.29. The molecular weight excluding hydrogens is 336 g/mol. The van der Waals surface area contributed by atoms with Crippen LogP contribution in [-0.2, 0) is 4.79 Å². The fraction of sp³-hybridized carbons (Fsp3) is 0.435. The number of para-hydroxylation sites is 2. The topological polar surface area (TPSA) is 32.8 Å². The van der Waals surface area contributed by atoms with Crippen LogP contribution < -0.4 is 9.64 Å². The van der Waals surface area contributed by atoms with Crippen LogP contribution in [-0.4, -0.2) is 43.1 Å². The SMILES string of the molecule is O=C(C1CCC(Oc2ccccc2)CC1)N1CCN(c2ccccc2)CC1. The average Bonchev–Trinajstić information content (AvgIpc) is 2.75. The average molecular weight is 364 g/mol. The maximum atomic E-state index is 12.9. The first-order chi connectivity index (χ1) is 13.3. The third-order valence-corrected chi connectivity index (χ3v) is 5.78. The van der Waals surface area contributed by atoms with Crippen LogP contribution in [0.5, 0.6) is 5.75 Å². The zero-order chi connectivity index (χ0) is 18.5. The van der Waals surface area contributed by atoms with Crippen molar-refractivity contribution in [2.75, 3.05) is 31.1 Å². The van der Waals surface area contributed by atoms with Crippen LogP contribution in [0.1, 0.15) is 25.7 Å². The highest BCUT2D eigenvalue weighted by Gasteiger charge is 2.31. The molecule has 4 rings (SSSR count). The van der Waals surface area contributed by atoms with Gasteiger partial charge in [0.1, 0.15) is 5.75 Å². The summed E-state index contributed by atoms with van der Waals surface area (Å²) in [6.45, 7) is 3.49. The number of amides is 1. The van der Waals surface area contributed by atoms with Crippen LogP contribution in [0.15, 0.2) is 60.7 Å². The summed E-state index contributed by atoms with van der Waals surface area (Å²) in [5.41, 5.74) is 1.25. The van der Waals surface area contributed by atoms with Crippen molar-refractivity contribution in [3.63, 3.8) is 0 Å². The van der Waals surface area contributed by atoms with Crippen molar-refractivity contribution in [1.29, 1.82) is 0 Å². The van der Waals surface area contributed by atoms with Gasteiger partial charge in [0.2, 0.25) is 5.91 Å². The van der Waals surface area contributed by atoms with E-state index in [0.717, 1.165) is 57.6 Å². The first-order valence-corrected chi connectivity index (χ1v) is 10.1. The Hall–Kier alpha value is -2.49. The minimum absolute atomic E-state index is 0.170. The fourth-order valence-corrected chi connectivity index (χ4v) is 4.20. The Balaban J connectivity index is 1.24. The van der Waals surface area contributed by atoms with Crippen LogP contribution in [0, 0.1) is 5.92 Å². The van der Waals surface area contributed by atoms with E-state index in [1.54, 1.807) is 0 Å². The molecule has 1 aliphatic carbocycles. The van der Waals surface area contributed by atoms with Gasteiger partial charge < -0.3 is 14.5 Å². The number of piperazine rings is 1. The molecule has 1 aliphatic heterocycles. The summed E-state index contributed by atoms with van der Waals surface area (Å²) < 4.78 is 6.06. The Bertz CT molecular complexity index is 719. The standard InChI is InChI=1S/C23H28N2O2/c26-23(25-17-15-24(16-18-25)20-7-3-1-4-8-20)19-11-13-22(14-12-19)27-21-9-5-2-6-10-21/h1-10,19,22H,11-18H2. The van der Waals surface area contributed by atoms with Gasteiger partial charge in [-0.1, -0.05) is 36.4 Å². The van der Waals surface area contributed by atoms with Gasteiger partial charge >= 0.3 is 0 Å². The molecule has 4 heteroatoms. The first kappa shape index (κ1) is 17.9. The molecule has 2 aromatic carbocycles. The molecule has 2 aliphatic rings. The quantitative estimate of drug-likeness (QED) is 0.823. The Morgan fingerprint density at radius 3 is 2.00 bits per heavy atom. The molecular formula is C23H28N2O2. The zero-order valence-corrected chi connectivity index (χ0v) is 15.8. The van der Waals surface area contributed by atoms with Gasteiger partial charge in [-0.2, -0.15) is 0 Å². The van der Waals surface area contributed by atoms with Crippen molar-refractivity contribution in [1.82, 2.24) is 4.90 Å². The number of carbonyl (C=O) groups excluding carboxylic acids is 1. The summed E-state index contributed by atoms with van der Waals surface area (Å²) >= 11 is 0. The molecule has 2 fully saturated rings. The van der Waals surface area contributed by atoms with Gasteiger partial charge in [-0.15, -0.1) is 0 Å². The van der Waals surface area contributed by atoms with Crippen LogP contribution in [0.3, 0.4) is 0 Å². The van der Waals surface area contributed by atoms with Gasteiger partial charge in [0.25, 0.3) is 0 Å². The van der Waals surface area contributed by atoms with Crippen molar-refractivity contribution < 1.29 is 9.53 Å². The Kier molecular flexibility index (Phi) is 5.61. The Labute approximate surface area is 161 Å². The van der Waals surface area contributed by atoms with Gasteiger partial charge in [0.15, 0.2) is 0 Å². The van der Waals surface area contributed by atoms with E-state index in [1.807, 2.05) is 36.4 Å². The molecule has 0 aromatic heterocycles. The second-order valence-corrected chi connectivity index (χ2v) is 7.55. The van der Waals surface area contributed by atoms with E-state index in [-0.39, 0.29) is 12.0 Å². The molecule has 142 valence electrons. The number of carbonyl (C=O) groups is 1. The minimum Gasteiger partial charge on any atom is -0.490 e. The number of anilines is 1. The van der Waals surface area contributed by atoms with E-state index in [1.165, 1.54) is 5.69 Å². The lowest BCUT2D eigenvalue weighted by Gasteiger charge is -2.38. The van der Waals surface area contributed by atoms with Crippen molar-refractivity contribution in [3.8, 4) is 5.75 Å². The third kappa shape index (κ3) is 4.44. The molecule has 1 saturated heterocycles. The maximum Gasteiger partial charge on any atom is 0.225 e. The third-order valence-electron chi connectivity index (χ3n) is 5.78. The van der Waals surface area contributed by atoms with E-state index in [4.69, 9.17) is 4.74 Å². The van der Waals surface area contributed by atoms with Gasteiger partial charge in [-0.25, -0.2) is 0 Å². The van der Waals surface area contributed by atoms with Crippen LogP contribution in [0.25, 0.3) is 0 Å². The summed E-state index contributed by atoms with van der Waals surface area (Å²) in [5.74, 6) is 1.45. The number of ether oxygens (including phenoxy) is 1. The monoisotopic (exact) mass is 364 g/mol. The van der Waals surface area contributed by atoms with Crippen LogP contribution in [0.2, 0.25) is 0 Å². The normalized spacial score (nSPS) is 23.1. The number of nitrogens with zero attached hydrogens (tertiary/aromatic N) is 2. The summed E-state index contributed by atoms with van der Waals surface area (Å²) in [4.78, 5) is 17.4. The lowest BCUT2D eigenvalue weighted by molar-refractivity contribution is -0.137. The van der Waals surface area contributed by atoms with Crippen molar-refractivity contribution in [3.05, 3.63) is 60.7 Å². The van der Waals surface area contributed by atoms with Crippen LogP contribution >= 0.6 is 0 Å².